The molecule has 0 bridgehead atoms. The molecule has 134 valence electrons. The van der Waals surface area contributed by atoms with Crippen LogP contribution >= 0.6 is 0 Å². The summed E-state index contributed by atoms with van der Waals surface area (Å²) in [5, 5.41) is 0.657. The molecule has 4 rings (SSSR count). The average Bonchev–Trinajstić information content (AvgIpc) is 2.68. The Bertz CT molecular complexity index is 1080. The first-order valence-electron chi connectivity index (χ1n) is 8.03. The molecule has 0 unspecified atom stereocenters. The zero-order valence-corrected chi connectivity index (χ0v) is 13.8. The van der Waals surface area contributed by atoms with Crippen LogP contribution < -0.4 is 4.74 Å². The van der Waals surface area contributed by atoms with Crippen LogP contribution in [0.25, 0.3) is 22.3 Å². The Morgan fingerprint density at radius 1 is 0.815 bits per heavy atom. The fourth-order valence-corrected chi connectivity index (χ4v) is 2.57. The summed E-state index contributed by atoms with van der Waals surface area (Å²) in [5.41, 5.74) is 0.632. The summed E-state index contributed by atoms with van der Waals surface area (Å²) in [4.78, 5) is 13.0. The Labute approximate surface area is 152 Å². The minimum Gasteiger partial charge on any atom is -0.438 e. The third-order valence-electron chi connectivity index (χ3n) is 3.88. The van der Waals surface area contributed by atoms with Crippen molar-refractivity contribution in [1.82, 2.24) is 15.0 Å². The maximum atomic E-state index is 12.7. The van der Waals surface area contributed by atoms with Crippen LogP contribution in [-0.2, 0) is 6.18 Å². The van der Waals surface area contributed by atoms with Gasteiger partial charge in [-0.1, -0.05) is 12.1 Å². The molecule has 27 heavy (non-hydrogen) atoms. The quantitative estimate of drug-likeness (QED) is 0.479. The zero-order valence-electron chi connectivity index (χ0n) is 13.8. The van der Waals surface area contributed by atoms with E-state index < -0.39 is 11.7 Å². The highest BCUT2D eigenvalue weighted by molar-refractivity contribution is 5.85. The minimum atomic E-state index is -4.40. The van der Waals surface area contributed by atoms with Gasteiger partial charge in [0.05, 0.1) is 16.5 Å². The molecule has 0 saturated heterocycles. The van der Waals surface area contributed by atoms with E-state index in [1.807, 2.05) is 24.3 Å². The van der Waals surface area contributed by atoms with Gasteiger partial charge in [0, 0.05) is 18.0 Å². The second-order valence-electron chi connectivity index (χ2n) is 5.74. The highest BCUT2D eigenvalue weighted by Gasteiger charge is 2.30. The lowest BCUT2D eigenvalue weighted by Gasteiger charge is -2.11. The van der Waals surface area contributed by atoms with Crippen LogP contribution in [-0.4, -0.2) is 15.0 Å². The van der Waals surface area contributed by atoms with Crippen molar-refractivity contribution >= 4 is 10.9 Å². The van der Waals surface area contributed by atoms with Crippen LogP contribution in [0.2, 0.25) is 0 Å². The van der Waals surface area contributed by atoms with Crippen molar-refractivity contribution in [3.8, 4) is 23.0 Å². The standard InChI is InChI=1S/C20H12F3N3O/c21-20(22,23)14-7-9-15(10-8-14)27-19-16-5-1-2-6-17(16)25-18(26-19)13-4-3-11-24-12-13/h1-12H. The largest absolute Gasteiger partial charge is 0.438 e. The third-order valence-corrected chi connectivity index (χ3v) is 3.88. The molecular weight excluding hydrogens is 355 g/mol. The van der Waals surface area contributed by atoms with Gasteiger partial charge in [0.2, 0.25) is 5.88 Å². The van der Waals surface area contributed by atoms with Crippen LogP contribution in [0.1, 0.15) is 5.56 Å². The number of hydrogen-bond acceptors (Lipinski definition) is 4. The summed E-state index contributed by atoms with van der Waals surface area (Å²) in [7, 11) is 0. The van der Waals surface area contributed by atoms with Crippen molar-refractivity contribution in [3.05, 3.63) is 78.6 Å². The predicted octanol–water partition coefficient (Wildman–Crippen LogP) is 5.50. The van der Waals surface area contributed by atoms with Crippen LogP contribution in [0.4, 0.5) is 13.2 Å². The summed E-state index contributed by atoms with van der Waals surface area (Å²) in [5.74, 6) is 0.937. The van der Waals surface area contributed by atoms with Gasteiger partial charge in [0.1, 0.15) is 5.75 Å². The third kappa shape index (κ3) is 3.57. The molecular formula is C20H12F3N3O. The van der Waals surface area contributed by atoms with Gasteiger partial charge < -0.3 is 4.74 Å². The fraction of sp³-hybridized carbons (Fsp3) is 0.0500. The van der Waals surface area contributed by atoms with Gasteiger partial charge in [-0.2, -0.15) is 18.2 Å². The number of pyridine rings is 1. The molecule has 0 aliphatic rings. The Hall–Kier alpha value is -3.48. The maximum absolute atomic E-state index is 12.7. The van der Waals surface area contributed by atoms with E-state index in [1.54, 1.807) is 24.5 Å². The number of alkyl halides is 3. The van der Waals surface area contributed by atoms with Gasteiger partial charge in [-0.15, -0.1) is 0 Å². The minimum absolute atomic E-state index is 0.254. The molecule has 0 aliphatic carbocycles. The molecule has 0 aliphatic heterocycles. The van der Waals surface area contributed by atoms with Crippen LogP contribution in [0.15, 0.2) is 73.1 Å². The topological polar surface area (TPSA) is 47.9 Å². The number of para-hydroxylation sites is 1. The SMILES string of the molecule is FC(F)(F)c1ccc(Oc2nc(-c3cccnc3)nc3ccccc23)cc1. The molecule has 0 radical (unpaired) electrons. The second-order valence-corrected chi connectivity index (χ2v) is 5.74. The van der Waals surface area contributed by atoms with Crippen molar-refractivity contribution in [2.75, 3.05) is 0 Å². The first-order chi connectivity index (χ1) is 13.0. The molecule has 7 heteroatoms. The molecule has 0 spiro atoms. The number of rotatable bonds is 3. The molecule has 0 N–H and O–H groups in total. The molecule has 0 fully saturated rings. The monoisotopic (exact) mass is 367 g/mol. The molecule has 0 atom stereocenters. The van der Waals surface area contributed by atoms with Crippen molar-refractivity contribution < 1.29 is 17.9 Å². The van der Waals surface area contributed by atoms with Gasteiger partial charge in [-0.25, -0.2) is 4.98 Å². The molecule has 4 aromatic rings. The average molecular weight is 367 g/mol. The van der Waals surface area contributed by atoms with Crippen molar-refractivity contribution in [2.24, 2.45) is 0 Å². The van der Waals surface area contributed by atoms with Crippen molar-refractivity contribution in [3.63, 3.8) is 0 Å². The van der Waals surface area contributed by atoms with E-state index in [9.17, 15) is 13.2 Å². The smallest absolute Gasteiger partial charge is 0.416 e. The Kier molecular flexibility index (Phi) is 4.19. The number of fused-ring (bicyclic) bond motifs is 1. The predicted molar refractivity (Wildman–Crippen MR) is 94.3 cm³/mol. The first-order valence-corrected chi connectivity index (χ1v) is 8.03. The normalized spacial score (nSPS) is 11.5. The fourth-order valence-electron chi connectivity index (χ4n) is 2.57. The van der Waals surface area contributed by atoms with E-state index in [4.69, 9.17) is 4.74 Å². The van der Waals surface area contributed by atoms with Crippen molar-refractivity contribution in [2.45, 2.75) is 6.18 Å². The molecule has 0 saturated carbocycles. The second kappa shape index (κ2) is 6.68. The van der Waals surface area contributed by atoms with Crippen LogP contribution in [0, 0.1) is 0 Å². The van der Waals surface area contributed by atoms with Crippen LogP contribution in [0.5, 0.6) is 11.6 Å². The van der Waals surface area contributed by atoms with Gasteiger partial charge in [-0.3, -0.25) is 4.98 Å². The van der Waals surface area contributed by atoms with E-state index in [0.29, 0.717) is 22.3 Å². The summed E-state index contributed by atoms with van der Waals surface area (Å²) in [6.45, 7) is 0. The van der Waals surface area contributed by atoms with E-state index in [0.717, 1.165) is 12.1 Å². The highest BCUT2D eigenvalue weighted by atomic mass is 19.4. The molecule has 2 aromatic carbocycles. The number of ether oxygens (including phenoxy) is 1. The summed E-state index contributed by atoms with van der Waals surface area (Å²) < 4.78 is 44.0. The Balaban J connectivity index is 1.76. The molecule has 2 heterocycles. The summed E-state index contributed by atoms with van der Waals surface area (Å²) in [6, 6.07) is 15.3. The maximum Gasteiger partial charge on any atom is 0.416 e. The van der Waals surface area contributed by atoms with E-state index in [-0.39, 0.29) is 11.6 Å². The lowest BCUT2D eigenvalue weighted by Crippen LogP contribution is -2.04. The number of nitrogens with zero attached hydrogens (tertiary/aromatic N) is 3. The molecule has 2 aromatic heterocycles. The van der Waals surface area contributed by atoms with E-state index in [2.05, 4.69) is 15.0 Å². The summed E-state index contributed by atoms with van der Waals surface area (Å²) >= 11 is 0. The Morgan fingerprint density at radius 2 is 1.59 bits per heavy atom. The van der Waals surface area contributed by atoms with Crippen LogP contribution in [0.3, 0.4) is 0 Å². The lowest BCUT2D eigenvalue weighted by atomic mass is 10.2. The molecule has 4 nitrogen and oxygen atoms in total. The van der Waals surface area contributed by atoms with E-state index >= 15 is 0 Å². The number of aromatic nitrogens is 3. The van der Waals surface area contributed by atoms with Gasteiger partial charge >= 0.3 is 6.18 Å². The molecule has 0 amide bonds. The van der Waals surface area contributed by atoms with Crippen molar-refractivity contribution in [1.29, 1.82) is 0 Å². The highest BCUT2D eigenvalue weighted by Crippen LogP contribution is 2.33. The zero-order chi connectivity index (χ0) is 18.9. The number of benzene rings is 2. The first kappa shape index (κ1) is 17.0. The lowest BCUT2D eigenvalue weighted by molar-refractivity contribution is -0.137. The van der Waals surface area contributed by atoms with E-state index in [1.165, 1.54) is 12.1 Å². The van der Waals surface area contributed by atoms with Gasteiger partial charge in [0.25, 0.3) is 0 Å². The van der Waals surface area contributed by atoms with Gasteiger partial charge in [-0.05, 0) is 48.5 Å². The number of halogens is 3. The van der Waals surface area contributed by atoms with Gasteiger partial charge in [0.15, 0.2) is 5.82 Å². The summed E-state index contributed by atoms with van der Waals surface area (Å²) in [6.07, 6.45) is -1.12. The number of hydrogen-bond donors (Lipinski definition) is 0. The Morgan fingerprint density at radius 3 is 2.30 bits per heavy atom.